The number of halogens is 4. The summed E-state index contributed by atoms with van der Waals surface area (Å²) in [5.74, 6) is -0.762. The van der Waals surface area contributed by atoms with Crippen LogP contribution in [0, 0.1) is 5.82 Å². The third-order valence-electron chi connectivity index (χ3n) is 3.62. The van der Waals surface area contributed by atoms with E-state index in [4.69, 9.17) is 4.74 Å². The molecule has 0 fully saturated rings. The van der Waals surface area contributed by atoms with E-state index >= 15 is 0 Å². The van der Waals surface area contributed by atoms with Crippen LogP contribution in [0.2, 0.25) is 0 Å². The summed E-state index contributed by atoms with van der Waals surface area (Å²) in [5.41, 5.74) is -3.27. The minimum Gasteiger partial charge on any atom is -0.352 e. The molecule has 1 N–H and O–H groups in total. The molecule has 1 aliphatic rings. The molecule has 0 aliphatic carbocycles. The molecule has 7 heteroatoms. The van der Waals surface area contributed by atoms with Crippen LogP contribution in [0.5, 0.6) is 0 Å². The summed E-state index contributed by atoms with van der Waals surface area (Å²) in [5, 5.41) is 2.79. The predicted octanol–water partition coefficient (Wildman–Crippen LogP) is 4.29. The average Bonchev–Trinajstić information content (AvgIpc) is 2.50. The second-order valence-electron chi connectivity index (χ2n) is 4.99. The van der Waals surface area contributed by atoms with Crippen molar-refractivity contribution in [3.8, 4) is 0 Å². The number of nitrogens with zero attached hydrogens (tertiary/aromatic N) is 1. The summed E-state index contributed by atoms with van der Waals surface area (Å²) < 4.78 is 61.1. The standard InChI is InChI=1S/C16H12F4N2O/c1-2-8-23-15(16(18,19)20)11-4-3-7-21-14(11)22-13-6-5-10(17)9-12(13)15/h2-7,9H,1,8H2,(H,21,22). The van der Waals surface area contributed by atoms with E-state index in [0.717, 1.165) is 12.1 Å². The van der Waals surface area contributed by atoms with E-state index in [1.165, 1.54) is 30.5 Å². The van der Waals surface area contributed by atoms with E-state index in [2.05, 4.69) is 16.9 Å². The molecule has 0 bridgehead atoms. The molecular formula is C16H12F4N2O. The Bertz CT molecular complexity index is 760. The molecule has 0 amide bonds. The van der Waals surface area contributed by atoms with Crippen molar-refractivity contribution in [3.05, 3.63) is 66.1 Å². The van der Waals surface area contributed by atoms with Crippen molar-refractivity contribution in [3.63, 3.8) is 0 Å². The molecule has 2 heterocycles. The Morgan fingerprint density at radius 2 is 2.04 bits per heavy atom. The van der Waals surface area contributed by atoms with Gasteiger partial charge in [0, 0.05) is 23.0 Å². The quantitative estimate of drug-likeness (QED) is 0.676. The van der Waals surface area contributed by atoms with Gasteiger partial charge in [-0.2, -0.15) is 13.2 Å². The van der Waals surface area contributed by atoms with Crippen molar-refractivity contribution in [2.45, 2.75) is 11.8 Å². The summed E-state index contributed by atoms with van der Waals surface area (Å²) in [6.07, 6.45) is -2.24. The largest absolute Gasteiger partial charge is 0.426 e. The topological polar surface area (TPSA) is 34.1 Å². The number of fused-ring (bicyclic) bond motifs is 2. The van der Waals surface area contributed by atoms with Gasteiger partial charge in [0.25, 0.3) is 0 Å². The van der Waals surface area contributed by atoms with Gasteiger partial charge in [-0.1, -0.05) is 12.1 Å². The van der Waals surface area contributed by atoms with Crippen LogP contribution in [0.4, 0.5) is 29.1 Å². The maximum Gasteiger partial charge on any atom is 0.426 e. The highest BCUT2D eigenvalue weighted by atomic mass is 19.4. The molecule has 0 radical (unpaired) electrons. The number of pyridine rings is 1. The Balaban J connectivity index is 2.36. The van der Waals surface area contributed by atoms with Gasteiger partial charge >= 0.3 is 6.18 Å². The van der Waals surface area contributed by atoms with Crippen LogP contribution in [0.15, 0.2) is 49.2 Å². The fraction of sp³-hybridized carbons (Fsp3) is 0.188. The first-order chi connectivity index (χ1) is 10.9. The minimum atomic E-state index is -4.82. The highest BCUT2D eigenvalue weighted by Gasteiger charge is 2.62. The smallest absolute Gasteiger partial charge is 0.352 e. The molecule has 2 aromatic rings. The Hall–Kier alpha value is -2.41. The Labute approximate surface area is 129 Å². The van der Waals surface area contributed by atoms with Gasteiger partial charge in [-0.3, -0.25) is 0 Å². The van der Waals surface area contributed by atoms with Gasteiger partial charge < -0.3 is 10.1 Å². The van der Waals surface area contributed by atoms with Gasteiger partial charge in [0.05, 0.1) is 6.61 Å². The van der Waals surface area contributed by atoms with E-state index in [1.807, 2.05) is 0 Å². The Morgan fingerprint density at radius 1 is 1.26 bits per heavy atom. The van der Waals surface area contributed by atoms with Gasteiger partial charge in [-0.15, -0.1) is 6.58 Å². The van der Waals surface area contributed by atoms with Crippen molar-refractivity contribution in [1.82, 2.24) is 4.98 Å². The first-order valence-electron chi connectivity index (χ1n) is 6.74. The third kappa shape index (κ3) is 2.28. The molecule has 1 unspecified atom stereocenters. The lowest BCUT2D eigenvalue weighted by molar-refractivity contribution is -0.263. The molecular weight excluding hydrogens is 312 g/mol. The number of rotatable bonds is 3. The Morgan fingerprint density at radius 3 is 2.74 bits per heavy atom. The third-order valence-corrected chi connectivity index (χ3v) is 3.62. The predicted molar refractivity (Wildman–Crippen MR) is 76.9 cm³/mol. The fourth-order valence-electron chi connectivity index (χ4n) is 2.71. The molecule has 0 saturated heterocycles. The van der Waals surface area contributed by atoms with E-state index in [0.29, 0.717) is 0 Å². The summed E-state index contributed by atoms with van der Waals surface area (Å²) in [7, 11) is 0. The first kappa shape index (κ1) is 15.5. The lowest BCUT2D eigenvalue weighted by Crippen LogP contribution is -2.48. The van der Waals surface area contributed by atoms with Crippen LogP contribution in [0.25, 0.3) is 0 Å². The summed E-state index contributed by atoms with van der Waals surface area (Å²) in [6, 6.07) is 5.78. The van der Waals surface area contributed by atoms with Gasteiger partial charge in [0.2, 0.25) is 5.60 Å². The summed E-state index contributed by atoms with van der Waals surface area (Å²) in [6.45, 7) is 3.03. The highest BCUT2D eigenvalue weighted by Crippen LogP contribution is 2.54. The fourth-order valence-corrected chi connectivity index (χ4v) is 2.71. The van der Waals surface area contributed by atoms with E-state index in [9.17, 15) is 17.6 Å². The normalized spacial score (nSPS) is 19.5. The summed E-state index contributed by atoms with van der Waals surface area (Å²) >= 11 is 0. The number of aromatic nitrogens is 1. The summed E-state index contributed by atoms with van der Waals surface area (Å²) in [4.78, 5) is 3.95. The second kappa shape index (κ2) is 5.34. The van der Waals surface area contributed by atoms with Crippen LogP contribution in [0.3, 0.4) is 0 Å². The van der Waals surface area contributed by atoms with Crippen LogP contribution in [-0.2, 0) is 10.3 Å². The lowest BCUT2D eigenvalue weighted by Gasteiger charge is -2.41. The molecule has 120 valence electrons. The van der Waals surface area contributed by atoms with E-state index in [-0.39, 0.29) is 29.2 Å². The van der Waals surface area contributed by atoms with E-state index < -0.39 is 17.6 Å². The zero-order valence-electron chi connectivity index (χ0n) is 11.8. The maximum atomic E-state index is 14.1. The number of nitrogens with one attached hydrogen (secondary N) is 1. The van der Waals surface area contributed by atoms with Crippen molar-refractivity contribution in [2.75, 3.05) is 11.9 Å². The van der Waals surface area contributed by atoms with Crippen molar-refractivity contribution < 1.29 is 22.3 Å². The molecule has 1 atom stereocenters. The maximum absolute atomic E-state index is 14.1. The molecule has 3 nitrogen and oxygen atoms in total. The number of hydrogen-bond donors (Lipinski definition) is 1. The van der Waals surface area contributed by atoms with Gasteiger partial charge in [-0.05, 0) is 24.3 Å². The number of benzene rings is 1. The van der Waals surface area contributed by atoms with E-state index in [1.54, 1.807) is 0 Å². The SMILES string of the molecule is C=CCOC1(C(F)(F)F)c2cc(F)ccc2Nc2ncccc21. The van der Waals surface area contributed by atoms with Crippen molar-refractivity contribution in [2.24, 2.45) is 0 Å². The van der Waals surface area contributed by atoms with Gasteiger partial charge in [0.1, 0.15) is 11.6 Å². The molecule has 1 aliphatic heterocycles. The molecule has 0 spiro atoms. The molecule has 0 saturated carbocycles. The zero-order chi connectivity index (χ0) is 16.7. The number of alkyl halides is 3. The van der Waals surface area contributed by atoms with Crippen LogP contribution >= 0.6 is 0 Å². The molecule has 23 heavy (non-hydrogen) atoms. The molecule has 3 rings (SSSR count). The average molecular weight is 324 g/mol. The van der Waals surface area contributed by atoms with Crippen molar-refractivity contribution >= 4 is 11.5 Å². The number of hydrogen-bond acceptors (Lipinski definition) is 3. The lowest BCUT2D eigenvalue weighted by atomic mass is 9.82. The van der Waals surface area contributed by atoms with Crippen LogP contribution in [0.1, 0.15) is 11.1 Å². The second-order valence-corrected chi connectivity index (χ2v) is 4.99. The van der Waals surface area contributed by atoms with Crippen LogP contribution < -0.4 is 5.32 Å². The zero-order valence-corrected chi connectivity index (χ0v) is 11.8. The number of ether oxygens (including phenoxy) is 1. The van der Waals surface area contributed by atoms with Crippen molar-refractivity contribution in [1.29, 1.82) is 0 Å². The molecule has 1 aromatic heterocycles. The monoisotopic (exact) mass is 324 g/mol. The number of anilines is 2. The minimum absolute atomic E-state index is 0.0213. The van der Waals surface area contributed by atoms with Gasteiger partial charge in [0.15, 0.2) is 0 Å². The molecule has 1 aromatic carbocycles. The van der Waals surface area contributed by atoms with Crippen LogP contribution in [-0.4, -0.2) is 17.8 Å². The first-order valence-corrected chi connectivity index (χ1v) is 6.74. The highest BCUT2D eigenvalue weighted by molar-refractivity contribution is 5.73. The Kier molecular flexibility index (Phi) is 3.60. The van der Waals surface area contributed by atoms with Gasteiger partial charge in [-0.25, -0.2) is 9.37 Å².